The van der Waals surface area contributed by atoms with Gasteiger partial charge in [0.25, 0.3) is 0 Å². The number of nitrogens with zero attached hydrogens (tertiary/aromatic N) is 1. The second kappa shape index (κ2) is 7.63. The summed E-state index contributed by atoms with van der Waals surface area (Å²) in [7, 11) is 3.90. The van der Waals surface area contributed by atoms with E-state index in [4.69, 9.17) is 9.47 Å². The van der Waals surface area contributed by atoms with Crippen LogP contribution in [0.25, 0.3) is 0 Å². The van der Waals surface area contributed by atoms with Gasteiger partial charge in [0.05, 0.1) is 6.10 Å². The van der Waals surface area contributed by atoms with Crippen molar-refractivity contribution >= 4 is 0 Å². The summed E-state index contributed by atoms with van der Waals surface area (Å²) < 4.78 is 11.0. The maximum Gasteiger partial charge on any atom is 0.147 e. The number of methoxy groups -OCH3 is 1. The van der Waals surface area contributed by atoms with E-state index in [1.807, 2.05) is 6.07 Å². The van der Waals surface area contributed by atoms with Crippen molar-refractivity contribution in [2.24, 2.45) is 0 Å². The number of rotatable bonds is 6. The minimum Gasteiger partial charge on any atom is -0.359 e. The van der Waals surface area contributed by atoms with Crippen molar-refractivity contribution in [2.45, 2.75) is 37.8 Å². The molecule has 0 saturated carbocycles. The normalized spacial score (nSPS) is 22.3. The molecule has 0 unspecified atom stereocenters. The van der Waals surface area contributed by atoms with Crippen LogP contribution in [0.2, 0.25) is 0 Å². The fourth-order valence-electron chi connectivity index (χ4n) is 2.81. The van der Waals surface area contributed by atoms with Crippen LogP contribution in [0, 0.1) is 0 Å². The van der Waals surface area contributed by atoms with Gasteiger partial charge >= 0.3 is 0 Å². The Morgan fingerprint density at radius 3 is 2.74 bits per heavy atom. The molecule has 1 aliphatic rings. The highest BCUT2D eigenvalue weighted by Crippen LogP contribution is 2.28. The molecule has 1 saturated heterocycles. The van der Waals surface area contributed by atoms with Crippen molar-refractivity contribution in [2.75, 3.05) is 27.5 Å². The summed E-state index contributed by atoms with van der Waals surface area (Å²) in [5.41, 5.74) is 1.25. The van der Waals surface area contributed by atoms with Crippen molar-refractivity contribution in [3.8, 4) is 0 Å². The summed E-state index contributed by atoms with van der Waals surface area (Å²) in [6.07, 6.45) is 5.11. The van der Waals surface area contributed by atoms with Crippen LogP contribution >= 0.6 is 0 Å². The molecule has 106 valence electrons. The van der Waals surface area contributed by atoms with Crippen molar-refractivity contribution in [1.29, 1.82) is 0 Å². The van der Waals surface area contributed by atoms with E-state index in [1.54, 1.807) is 7.11 Å². The lowest BCUT2D eigenvalue weighted by molar-refractivity contribution is -0.0835. The average molecular weight is 263 g/mol. The van der Waals surface area contributed by atoms with Gasteiger partial charge < -0.3 is 14.4 Å². The highest BCUT2D eigenvalue weighted by molar-refractivity contribution is 5.17. The fourth-order valence-corrected chi connectivity index (χ4v) is 2.81. The van der Waals surface area contributed by atoms with Crippen LogP contribution in [0.15, 0.2) is 30.3 Å². The molecule has 0 aromatic heterocycles. The Morgan fingerprint density at radius 1 is 1.26 bits per heavy atom. The largest absolute Gasteiger partial charge is 0.359 e. The van der Waals surface area contributed by atoms with Crippen LogP contribution in [0.1, 0.15) is 37.4 Å². The molecular formula is C16H25NO2. The lowest BCUT2D eigenvalue weighted by atomic mass is 9.94. The van der Waals surface area contributed by atoms with Crippen molar-refractivity contribution in [3.63, 3.8) is 0 Å². The molecule has 3 nitrogen and oxygen atoms in total. The molecule has 0 radical (unpaired) electrons. The summed E-state index contributed by atoms with van der Waals surface area (Å²) in [6.45, 7) is 1.56. The molecule has 2 rings (SSSR count). The third kappa shape index (κ3) is 4.30. The first-order valence-electron chi connectivity index (χ1n) is 7.17. The molecule has 1 aliphatic heterocycles. The minimum atomic E-state index is 0.131. The van der Waals surface area contributed by atoms with Gasteiger partial charge in [-0.05, 0) is 38.4 Å². The van der Waals surface area contributed by atoms with E-state index in [9.17, 15) is 0 Å². The zero-order chi connectivity index (χ0) is 13.5. The van der Waals surface area contributed by atoms with Gasteiger partial charge in [0.15, 0.2) is 0 Å². The molecular weight excluding hydrogens is 238 g/mol. The molecule has 19 heavy (non-hydrogen) atoms. The van der Waals surface area contributed by atoms with Gasteiger partial charge in [-0.15, -0.1) is 0 Å². The van der Waals surface area contributed by atoms with Crippen LogP contribution in [-0.2, 0) is 9.47 Å². The Balaban J connectivity index is 2.01. The van der Waals surface area contributed by atoms with E-state index in [2.05, 4.69) is 36.2 Å². The summed E-state index contributed by atoms with van der Waals surface area (Å²) in [4.78, 5) is 2.47. The monoisotopic (exact) mass is 263 g/mol. The standard InChI is InChI=1S/C16H25NO2/c1-17-11-7-6-10-15(17)12-16(19-13-18-2)14-8-4-3-5-9-14/h3-5,8-9,15-16H,6-7,10-13H2,1-2H3/t15-,16-/m0/s1. The minimum absolute atomic E-state index is 0.131. The van der Waals surface area contributed by atoms with E-state index >= 15 is 0 Å². The molecule has 3 heteroatoms. The van der Waals surface area contributed by atoms with Crippen molar-refractivity contribution in [1.82, 2.24) is 4.90 Å². The average Bonchev–Trinajstić information content (AvgIpc) is 2.46. The number of likely N-dealkylation sites (tertiary alicyclic amines) is 1. The topological polar surface area (TPSA) is 21.7 Å². The smallest absolute Gasteiger partial charge is 0.147 e. The second-order valence-electron chi connectivity index (χ2n) is 5.34. The van der Waals surface area contributed by atoms with Crippen LogP contribution in [-0.4, -0.2) is 38.4 Å². The Morgan fingerprint density at radius 2 is 2.05 bits per heavy atom. The van der Waals surface area contributed by atoms with Crippen LogP contribution in [0.4, 0.5) is 0 Å². The van der Waals surface area contributed by atoms with Crippen LogP contribution in [0.5, 0.6) is 0 Å². The summed E-state index contributed by atoms with van der Waals surface area (Å²) in [5, 5.41) is 0. The van der Waals surface area contributed by atoms with E-state index in [0.717, 1.165) is 6.42 Å². The van der Waals surface area contributed by atoms with E-state index in [1.165, 1.54) is 31.4 Å². The zero-order valence-corrected chi connectivity index (χ0v) is 12.0. The lowest BCUT2D eigenvalue weighted by Gasteiger charge is -2.34. The number of ether oxygens (including phenoxy) is 2. The number of piperidine rings is 1. The third-order valence-electron chi connectivity index (χ3n) is 3.97. The number of hydrogen-bond donors (Lipinski definition) is 0. The van der Waals surface area contributed by atoms with Gasteiger partial charge in [0, 0.05) is 13.2 Å². The van der Waals surface area contributed by atoms with Gasteiger partial charge in [-0.3, -0.25) is 0 Å². The van der Waals surface area contributed by atoms with E-state index in [0.29, 0.717) is 12.8 Å². The second-order valence-corrected chi connectivity index (χ2v) is 5.34. The molecule has 1 aromatic carbocycles. The summed E-state index contributed by atoms with van der Waals surface area (Å²) >= 11 is 0. The quantitative estimate of drug-likeness (QED) is 0.736. The molecule has 2 atom stereocenters. The molecule has 1 aromatic rings. The van der Waals surface area contributed by atoms with Gasteiger partial charge in [-0.2, -0.15) is 0 Å². The number of hydrogen-bond acceptors (Lipinski definition) is 3. The zero-order valence-electron chi connectivity index (χ0n) is 12.0. The van der Waals surface area contributed by atoms with E-state index < -0.39 is 0 Å². The first-order valence-corrected chi connectivity index (χ1v) is 7.17. The maximum atomic E-state index is 5.88. The Labute approximate surface area is 116 Å². The van der Waals surface area contributed by atoms with Crippen molar-refractivity contribution < 1.29 is 9.47 Å². The van der Waals surface area contributed by atoms with Gasteiger partial charge in [0.2, 0.25) is 0 Å². The van der Waals surface area contributed by atoms with E-state index in [-0.39, 0.29) is 6.10 Å². The molecule has 0 bridgehead atoms. The van der Waals surface area contributed by atoms with Crippen molar-refractivity contribution in [3.05, 3.63) is 35.9 Å². The molecule has 0 aliphatic carbocycles. The SMILES string of the molecule is COCO[C@@H](C[C@@H]1CCCCN1C)c1ccccc1. The molecule has 0 spiro atoms. The first-order chi connectivity index (χ1) is 9.31. The fraction of sp³-hybridized carbons (Fsp3) is 0.625. The molecule has 0 N–H and O–H groups in total. The van der Waals surface area contributed by atoms with Gasteiger partial charge in [-0.25, -0.2) is 0 Å². The number of benzene rings is 1. The van der Waals surface area contributed by atoms with Crippen LogP contribution < -0.4 is 0 Å². The molecule has 0 amide bonds. The predicted octanol–water partition coefficient (Wildman–Crippen LogP) is 3.22. The highest BCUT2D eigenvalue weighted by Gasteiger charge is 2.24. The Kier molecular flexibility index (Phi) is 5.83. The molecule has 1 heterocycles. The van der Waals surface area contributed by atoms with Crippen LogP contribution in [0.3, 0.4) is 0 Å². The maximum absolute atomic E-state index is 5.88. The Hall–Kier alpha value is -0.900. The highest BCUT2D eigenvalue weighted by atomic mass is 16.7. The summed E-state index contributed by atoms with van der Waals surface area (Å²) in [5.74, 6) is 0. The first kappa shape index (κ1) is 14.5. The lowest BCUT2D eigenvalue weighted by Crippen LogP contribution is -2.37. The summed E-state index contributed by atoms with van der Waals surface area (Å²) in [6, 6.07) is 11.1. The van der Waals surface area contributed by atoms with Gasteiger partial charge in [0.1, 0.15) is 6.79 Å². The Bertz CT molecular complexity index is 355. The van der Waals surface area contributed by atoms with Gasteiger partial charge in [-0.1, -0.05) is 36.8 Å². The molecule has 1 fully saturated rings. The third-order valence-corrected chi connectivity index (χ3v) is 3.97. The predicted molar refractivity (Wildman–Crippen MR) is 77.0 cm³/mol.